The monoisotopic (exact) mass is 210 g/mol. The third-order valence-corrected chi connectivity index (χ3v) is 1.55. The van der Waals surface area contributed by atoms with Crippen LogP contribution < -0.4 is 5.73 Å². The highest BCUT2D eigenvalue weighted by Crippen LogP contribution is 2.24. The van der Waals surface area contributed by atoms with E-state index in [4.69, 9.17) is 10.5 Å². The van der Waals surface area contributed by atoms with E-state index in [9.17, 15) is 9.90 Å². The molecule has 0 fully saturated rings. The first-order valence-corrected chi connectivity index (χ1v) is 4.48. The van der Waals surface area contributed by atoms with Gasteiger partial charge < -0.3 is 15.6 Å². The number of nitrogens with two attached hydrogens (primary N) is 1. The first kappa shape index (κ1) is 11.3. The number of nitrogens with zero attached hydrogens (tertiary/aromatic N) is 1. The molecule has 5 heteroatoms. The van der Waals surface area contributed by atoms with Crippen molar-refractivity contribution in [2.24, 2.45) is 0 Å². The molecule has 5 nitrogen and oxygen atoms in total. The second kappa shape index (κ2) is 3.76. The molecule has 0 aliphatic rings. The van der Waals surface area contributed by atoms with Crippen molar-refractivity contribution in [3.05, 3.63) is 18.0 Å². The van der Waals surface area contributed by atoms with Crippen molar-refractivity contribution in [3.63, 3.8) is 0 Å². The van der Waals surface area contributed by atoms with E-state index in [0.29, 0.717) is 0 Å². The molecule has 0 spiro atoms. The molecule has 1 aromatic heterocycles. The molecule has 1 aromatic rings. The number of carbonyl (C=O) groups is 1. The van der Waals surface area contributed by atoms with Crippen LogP contribution in [0.25, 0.3) is 0 Å². The maximum absolute atomic E-state index is 11.5. The quantitative estimate of drug-likeness (QED) is 0.683. The summed E-state index contributed by atoms with van der Waals surface area (Å²) in [5.41, 5.74) is 4.74. The van der Waals surface area contributed by atoms with E-state index in [0.717, 1.165) is 0 Å². The van der Waals surface area contributed by atoms with Crippen molar-refractivity contribution in [3.8, 4) is 5.75 Å². The summed E-state index contributed by atoms with van der Waals surface area (Å²) in [7, 11) is 0. The van der Waals surface area contributed by atoms with Crippen LogP contribution in [-0.4, -0.2) is 21.7 Å². The van der Waals surface area contributed by atoms with Crippen molar-refractivity contribution in [1.29, 1.82) is 0 Å². The van der Waals surface area contributed by atoms with Gasteiger partial charge in [0.25, 0.3) is 0 Å². The zero-order chi connectivity index (χ0) is 11.6. The van der Waals surface area contributed by atoms with Crippen LogP contribution in [0.4, 0.5) is 5.69 Å². The molecule has 15 heavy (non-hydrogen) atoms. The molecular formula is C10H14N2O3. The third-order valence-electron chi connectivity index (χ3n) is 1.55. The fourth-order valence-electron chi connectivity index (χ4n) is 0.945. The summed E-state index contributed by atoms with van der Waals surface area (Å²) < 4.78 is 5.04. The molecule has 0 bridgehead atoms. The Kier molecular flexibility index (Phi) is 2.83. The van der Waals surface area contributed by atoms with Crippen molar-refractivity contribution in [1.82, 2.24) is 4.98 Å². The van der Waals surface area contributed by atoms with Crippen LogP contribution in [0.3, 0.4) is 0 Å². The summed E-state index contributed by atoms with van der Waals surface area (Å²) in [6, 6.07) is 1.41. The second-order valence-electron chi connectivity index (χ2n) is 4.10. The highest BCUT2D eigenvalue weighted by atomic mass is 16.6. The largest absolute Gasteiger partial charge is 0.504 e. The zero-order valence-electron chi connectivity index (χ0n) is 8.94. The highest BCUT2D eigenvalue weighted by Gasteiger charge is 2.22. The standard InChI is InChI=1S/C10H14N2O3/c1-10(2,3)15-9(14)7-8(13)6(11)4-5-12-7/h4-5,13H,1-3H3,(H2,11,12). The molecule has 0 amide bonds. The zero-order valence-corrected chi connectivity index (χ0v) is 8.94. The Morgan fingerprint density at radius 2 is 2.13 bits per heavy atom. The number of carbonyl (C=O) groups excluding carboxylic acids is 1. The summed E-state index contributed by atoms with van der Waals surface area (Å²) in [6.07, 6.45) is 1.34. The Labute approximate surface area is 87.9 Å². The van der Waals surface area contributed by atoms with Gasteiger partial charge in [-0.05, 0) is 26.8 Å². The lowest BCUT2D eigenvalue weighted by atomic mass is 10.2. The Balaban J connectivity index is 2.97. The molecule has 82 valence electrons. The van der Waals surface area contributed by atoms with E-state index in [2.05, 4.69) is 4.98 Å². The average molecular weight is 210 g/mol. The van der Waals surface area contributed by atoms with Gasteiger partial charge in [0.2, 0.25) is 0 Å². The van der Waals surface area contributed by atoms with Gasteiger partial charge in [0.1, 0.15) is 5.60 Å². The second-order valence-corrected chi connectivity index (χ2v) is 4.10. The fraction of sp³-hybridized carbons (Fsp3) is 0.400. The van der Waals surface area contributed by atoms with Gasteiger partial charge in [-0.1, -0.05) is 0 Å². The van der Waals surface area contributed by atoms with Crippen LogP contribution in [-0.2, 0) is 4.74 Å². The van der Waals surface area contributed by atoms with Crippen molar-refractivity contribution in [2.45, 2.75) is 26.4 Å². The highest BCUT2D eigenvalue weighted by molar-refractivity contribution is 5.92. The van der Waals surface area contributed by atoms with E-state index in [1.807, 2.05) is 0 Å². The predicted octanol–water partition coefficient (Wildman–Crippen LogP) is 1.32. The van der Waals surface area contributed by atoms with E-state index in [-0.39, 0.29) is 17.1 Å². The topological polar surface area (TPSA) is 85.4 Å². The van der Waals surface area contributed by atoms with Crippen molar-refractivity contribution >= 4 is 11.7 Å². The first-order valence-electron chi connectivity index (χ1n) is 4.48. The minimum Gasteiger partial charge on any atom is -0.504 e. The number of nitrogen functional groups attached to an aromatic ring is 1. The number of rotatable bonds is 1. The van der Waals surface area contributed by atoms with Gasteiger partial charge in [-0.15, -0.1) is 0 Å². The van der Waals surface area contributed by atoms with Crippen LogP contribution in [0.2, 0.25) is 0 Å². The number of anilines is 1. The van der Waals surface area contributed by atoms with E-state index in [1.165, 1.54) is 12.3 Å². The minimum absolute atomic E-state index is 0.103. The Morgan fingerprint density at radius 3 is 2.67 bits per heavy atom. The summed E-state index contributed by atoms with van der Waals surface area (Å²) in [4.78, 5) is 15.3. The number of pyridine rings is 1. The molecule has 0 atom stereocenters. The summed E-state index contributed by atoms with van der Waals surface area (Å²) in [6.45, 7) is 5.19. The Hall–Kier alpha value is -1.78. The number of esters is 1. The van der Waals surface area contributed by atoms with Gasteiger partial charge in [0.15, 0.2) is 11.4 Å². The van der Waals surface area contributed by atoms with Crippen LogP contribution in [0.15, 0.2) is 12.3 Å². The maximum Gasteiger partial charge on any atom is 0.361 e. The molecular weight excluding hydrogens is 196 g/mol. The summed E-state index contributed by atoms with van der Waals surface area (Å²) >= 11 is 0. The summed E-state index contributed by atoms with van der Waals surface area (Å²) in [5, 5.41) is 9.48. The van der Waals surface area contributed by atoms with Crippen LogP contribution in [0, 0.1) is 0 Å². The SMILES string of the molecule is CC(C)(C)OC(=O)c1nccc(N)c1O. The van der Waals surface area contributed by atoms with Crippen LogP contribution in [0.5, 0.6) is 5.75 Å². The molecule has 0 radical (unpaired) electrons. The molecule has 0 saturated heterocycles. The number of aromatic nitrogens is 1. The molecule has 0 aliphatic heterocycles. The lowest BCUT2D eigenvalue weighted by molar-refractivity contribution is 0.00600. The molecule has 0 unspecified atom stereocenters. The molecule has 0 saturated carbocycles. The van der Waals surface area contributed by atoms with Gasteiger partial charge >= 0.3 is 5.97 Å². The van der Waals surface area contributed by atoms with Crippen molar-refractivity contribution in [2.75, 3.05) is 5.73 Å². The maximum atomic E-state index is 11.5. The van der Waals surface area contributed by atoms with Crippen molar-refractivity contribution < 1.29 is 14.6 Å². The minimum atomic E-state index is -0.688. The number of hydrogen-bond acceptors (Lipinski definition) is 5. The van der Waals surface area contributed by atoms with E-state index >= 15 is 0 Å². The number of hydrogen-bond donors (Lipinski definition) is 2. The van der Waals surface area contributed by atoms with Gasteiger partial charge in [0, 0.05) is 6.20 Å². The van der Waals surface area contributed by atoms with E-state index in [1.54, 1.807) is 20.8 Å². The summed E-state index contributed by atoms with van der Waals surface area (Å²) in [5.74, 6) is -1.03. The fourth-order valence-corrected chi connectivity index (χ4v) is 0.945. The van der Waals surface area contributed by atoms with Gasteiger partial charge in [-0.25, -0.2) is 9.78 Å². The normalized spacial score (nSPS) is 11.1. The smallest absolute Gasteiger partial charge is 0.361 e. The molecule has 1 rings (SSSR count). The number of aromatic hydroxyl groups is 1. The molecule has 0 aromatic carbocycles. The molecule has 1 heterocycles. The average Bonchev–Trinajstić information content (AvgIpc) is 2.06. The predicted molar refractivity (Wildman–Crippen MR) is 55.5 cm³/mol. The Morgan fingerprint density at radius 1 is 1.53 bits per heavy atom. The van der Waals surface area contributed by atoms with E-state index < -0.39 is 11.6 Å². The van der Waals surface area contributed by atoms with Gasteiger partial charge in [0.05, 0.1) is 5.69 Å². The van der Waals surface area contributed by atoms with Gasteiger partial charge in [-0.2, -0.15) is 0 Å². The van der Waals surface area contributed by atoms with Crippen LogP contribution >= 0.6 is 0 Å². The third kappa shape index (κ3) is 2.83. The molecule has 0 aliphatic carbocycles. The first-order chi connectivity index (χ1) is 6.81. The lowest BCUT2D eigenvalue weighted by Gasteiger charge is -2.19. The number of ether oxygens (including phenoxy) is 1. The van der Waals surface area contributed by atoms with Gasteiger partial charge in [-0.3, -0.25) is 0 Å². The lowest BCUT2D eigenvalue weighted by Crippen LogP contribution is -2.24. The Bertz CT molecular complexity index is 383. The molecule has 3 N–H and O–H groups in total. The van der Waals surface area contributed by atoms with Crippen LogP contribution in [0.1, 0.15) is 31.3 Å².